The molecule has 22 heavy (non-hydrogen) atoms. The van der Waals surface area contributed by atoms with E-state index in [1.54, 1.807) is 6.07 Å². The Morgan fingerprint density at radius 3 is 2.45 bits per heavy atom. The molecule has 0 saturated carbocycles. The molecule has 0 N–H and O–H groups in total. The number of fused-ring (bicyclic) bond motifs is 1. The predicted octanol–water partition coefficient (Wildman–Crippen LogP) is 3.65. The first kappa shape index (κ1) is 14.0. The van der Waals surface area contributed by atoms with Crippen molar-refractivity contribution in [3.63, 3.8) is 0 Å². The van der Waals surface area contributed by atoms with Crippen molar-refractivity contribution in [2.45, 2.75) is 6.61 Å². The molecular weight excluding hydrogens is 276 g/mol. The van der Waals surface area contributed by atoms with Gasteiger partial charge in [-0.05, 0) is 28.5 Å². The Balaban J connectivity index is 1.91. The highest BCUT2D eigenvalue weighted by Crippen LogP contribution is 2.21. The fourth-order valence-corrected chi connectivity index (χ4v) is 2.34. The van der Waals surface area contributed by atoms with Gasteiger partial charge in [0.1, 0.15) is 6.61 Å². The minimum atomic E-state index is -0.447. The Labute approximate surface area is 128 Å². The van der Waals surface area contributed by atoms with E-state index in [-0.39, 0.29) is 6.61 Å². The van der Waals surface area contributed by atoms with Crippen molar-refractivity contribution in [2.24, 2.45) is 0 Å². The van der Waals surface area contributed by atoms with Gasteiger partial charge in [0.2, 0.25) is 6.29 Å². The van der Waals surface area contributed by atoms with Crippen molar-refractivity contribution in [3.8, 4) is 0 Å². The van der Waals surface area contributed by atoms with Crippen LogP contribution < -0.4 is 0 Å². The van der Waals surface area contributed by atoms with E-state index in [9.17, 15) is 9.59 Å². The van der Waals surface area contributed by atoms with Crippen molar-refractivity contribution < 1.29 is 14.3 Å². The molecule has 0 saturated heterocycles. The van der Waals surface area contributed by atoms with E-state index in [4.69, 9.17) is 4.74 Å². The Morgan fingerprint density at radius 2 is 1.68 bits per heavy atom. The molecule has 0 unspecified atom stereocenters. The average Bonchev–Trinajstić information content (AvgIpc) is 2.59. The summed E-state index contributed by atoms with van der Waals surface area (Å²) in [7, 11) is 0. The lowest BCUT2D eigenvalue weighted by molar-refractivity contribution is 0.0475. The zero-order valence-electron chi connectivity index (χ0n) is 11.8. The highest BCUT2D eigenvalue weighted by atomic mass is 16.5. The molecule has 0 bridgehead atoms. The second kappa shape index (κ2) is 6.22. The van der Waals surface area contributed by atoms with Gasteiger partial charge in [0, 0.05) is 5.56 Å². The standard InChI is InChI=1S/C19H13O3/c20-12-15-10-16-8-4-5-9-17(16)18(11-15)19(21)22-13-14-6-2-1-3-7-14/h1-11H,13H2. The first-order valence-corrected chi connectivity index (χ1v) is 6.90. The van der Waals surface area contributed by atoms with Gasteiger partial charge < -0.3 is 4.74 Å². The minimum Gasteiger partial charge on any atom is -0.457 e. The smallest absolute Gasteiger partial charge is 0.339 e. The second-order valence-electron chi connectivity index (χ2n) is 4.91. The van der Waals surface area contributed by atoms with Gasteiger partial charge >= 0.3 is 5.97 Å². The summed E-state index contributed by atoms with van der Waals surface area (Å²) < 4.78 is 5.35. The van der Waals surface area contributed by atoms with E-state index in [0.29, 0.717) is 11.1 Å². The number of rotatable bonds is 4. The summed E-state index contributed by atoms with van der Waals surface area (Å²) in [5, 5.41) is 1.58. The van der Waals surface area contributed by atoms with E-state index in [1.807, 2.05) is 60.9 Å². The quantitative estimate of drug-likeness (QED) is 0.688. The number of carbonyl (C=O) groups excluding carboxylic acids is 2. The van der Waals surface area contributed by atoms with Crippen LogP contribution in [0, 0.1) is 0 Å². The van der Waals surface area contributed by atoms with Crippen LogP contribution in [0.15, 0.2) is 66.7 Å². The molecular formula is C19H13O3. The van der Waals surface area contributed by atoms with Gasteiger partial charge in [-0.3, -0.25) is 4.79 Å². The number of hydrogen-bond donors (Lipinski definition) is 0. The van der Waals surface area contributed by atoms with E-state index in [0.717, 1.165) is 16.3 Å². The van der Waals surface area contributed by atoms with Crippen LogP contribution in [0.2, 0.25) is 0 Å². The minimum absolute atomic E-state index is 0.197. The lowest BCUT2D eigenvalue weighted by Crippen LogP contribution is -2.06. The highest BCUT2D eigenvalue weighted by Gasteiger charge is 2.13. The molecule has 0 atom stereocenters. The fourth-order valence-electron chi connectivity index (χ4n) is 2.34. The van der Waals surface area contributed by atoms with Crippen molar-refractivity contribution in [3.05, 3.63) is 83.4 Å². The summed E-state index contributed by atoms with van der Waals surface area (Å²) in [6.45, 7) is 0.197. The third kappa shape index (κ3) is 2.88. The largest absolute Gasteiger partial charge is 0.457 e. The maximum Gasteiger partial charge on any atom is 0.339 e. The molecule has 0 spiro atoms. The summed E-state index contributed by atoms with van der Waals surface area (Å²) in [5.41, 5.74) is 1.64. The molecule has 3 aromatic carbocycles. The predicted molar refractivity (Wildman–Crippen MR) is 84.3 cm³/mol. The Hall–Kier alpha value is -2.94. The molecule has 0 aliphatic carbocycles. The van der Waals surface area contributed by atoms with Crippen molar-refractivity contribution in [2.75, 3.05) is 0 Å². The summed E-state index contributed by atoms with van der Waals surface area (Å²) in [5.74, 6) is -0.447. The van der Waals surface area contributed by atoms with Crippen LogP contribution >= 0.6 is 0 Å². The third-order valence-corrected chi connectivity index (χ3v) is 3.41. The molecule has 3 rings (SSSR count). The lowest BCUT2D eigenvalue weighted by atomic mass is 10.0. The fraction of sp³-hybridized carbons (Fsp3) is 0.0526. The molecule has 3 heteroatoms. The first-order valence-electron chi connectivity index (χ1n) is 6.90. The second-order valence-corrected chi connectivity index (χ2v) is 4.91. The van der Waals surface area contributed by atoms with Gasteiger partial charge in [-0.2, -0.15) is 0 Å². The first-order chi connectivity index (χ1) is 10.8. The monoisotopic (exact) mass is 289 g/mol. The zero-order chi connectivity index (χ0) is 15.4. The molecule has 0 amide bonds. The van der Waals surface area contributed by atoms with Gasteiger partial charge in [-0.25, -0.2) is 4.79 Å². The number of hydrogen-bond acceptors (Lipinski definition) is 3. The molecule has 0 aliphatic rings. The van der Waals surface area contributed by atoms with Gasteiger partial charge in [0.25, 0.3) is 0 Å². The molecule has 0 fully saturated rings. The van der Waals surface area contributed by atoms with Gasteiger partial charge in [0.05, 0.1) is 5.56 Å². The number of carbonyl (C=O) groups is 1. The summed E-state index contributed by atoms with van der Waals surface area (Å²) in [6, 6.07) is 20.1. The van der Waals surface area contributed by atoms with Crippen molar-refractivity contribution in [1.29, 1.82) is 0 Å². The SMILES string of the molecule is O=[C]c1cc(C(=O)OCc2ccccc2)c2ccccc2c1. The normalized spacial score (nSPS) is 10.4. The molecule has 107 valence electrons. The molecule has 3 nitrogen and oxygen atoms in total. The van der Waals surface area contributed by atoms with E-state index in [2.05, 4.69) is 0 Å². The van der Waals surface area contributed by atoms with Crippen LogP contribution in [0.25, 0.3) is 10.8 Å². The van der Waals surface area contributed by atoms with Crippen LogP contribution in [0.1, 0.15) is 21.5 Å². The number of benzene rings is 3. The zero-order valence-corrected chi connectivity index (χ0v) is 11.8. The third-order valence-electron chi connectivity index (χ3n) is 3.41. The maximum atomic E-state index is 12.3. The number of esters is 1. The van der Waals surface area contributed by atoms with E-state index in [1.165, 1.54) is 6.07 Å². The summed E-state index contributed by atoms with van der Waals surface area (Å²) in [4.78, 5) is 23.3. The van der Waals surface area contributed by atoms with Crippen LogP contribution in [-0.4, -0.2) is 12.3 Å². The van der Waals surface area contributed by atoms with Crippen LogP contribution in [-0.2, 0) is 16.1 Å². The highest BCUT2D eigenvalue weighted by molar-refractivity contribution is 6.06. The molecule has 1 radical (unpaired) electrons. The lowest BCUT2D eigenvalue weighted by Gasteiger charge is -2.08. The number of ether oxygens (including phenoxy) is 1. The average molecular weight is 289 g/mol. The van der Waals surface area contributed by atoms with Crippen molar-refractivity contribution in [1.82, 2.24) is 0 Å². The van der Waals surface area contributed by atoms with Crippen molar-refractivity contribution >= 4 is 23.0 Å². The Kier molecular flexibility index (Phi) is 3.97. The van der Waals surface area contributed by atoms with E-state index >= 15 is 0 Å². The summed E-state index contributed by atoms with van der Waals surface area (Å²) >= 11 is 0. The molecule has 3 aromatic rings. The maximum absolute atomic E-state index is 12.3. The molecule has 0 aromatic heterocycles. The van der Waals surface area contributed by atoms with Crippen LogP contribution in [0.3, 0.4) is 0 Å². The molecule has 0 aliphatic heterocycles. The van der Waals surface area contributed by atoms with Gasteiger partial charge in [0.15, 0.2) is 0 Å². The summed E-state index contributed by atoms with van der Waals surface area (Å²) in [6.07, 6.45) is 1.83. The molecule has 0 heterocycles. The van der Waals surface area contributed by atoms with Crippen LogP contribution in [0.5, 0.6) is 0 Å². The Morgan fingerprint density at radius 1 is 0.955 bits per heavy atom. The van der Waals surface area contributed by atoms with Gasteiger partial charge in [-0.15, -0.1) is 0 Å². The topological polar surface area (TPSA) is 43.4 Å². The Bertz CT molecular complexity index is 822. The van der Waals surface area contributed by atoms with Gasteiger partial charge in [-0.1, -0.05) is 54.6 Å². The van der Waals surface area contributed by atoms with Crippen LogP contribution in [0.4, 0.5) is 0 Å². The van der Waals surface area contributed by atoms with E-state index < -0.39 is 5.97 Å².